The number of aromatic hydroxyl groups is 3. The number of benzene rings is 1. The van der Waals surface area contributed by atoms with E-state index < -0.39 is 5.75 Å². The first-order valence-corrected chi connectivity index (χ1v) is 4.01. The van der Waals surface area contributed by atoms with Crippen molar-refractivity contribution in [3.8, 4) is 17.2 Å². The molecule has 14 heavy (non-hydrogen) atoms. The molecule has 0 aliphatic heterocycles. The van der Waals surface area contributed by atoms with Gasteiger partial charge in [0.25, 0.3) is 0 Å². The van der Waals surface area contributed by atoms with E-state index in [1.165, 1.54) is 18.3 Å². The van der Waals surface area contributed by atoms with Crippen LogP contribution >= 0.6 is 0 Å². The van der Waals surface area contributed by atoms with E-state index in [1.807, 2.05) is 0 Å². The van der Waals surface area contributed by atoms with Crippen molar-refractivity contribution in [1.29, 1.82) is 0 Å². The molecule has 1 aromatic carbocycles. The third-order valence-electron chi connectivity index (χ3n) is 1.62. The summed E-state index contributed by atoms with van der Waals surface area (Å²) in [4.78, 5) is 3.72. The van der Waals surface area contributed by atoms with E-state index in [4.69, 9.17) is 10.2 Å². The molecule has 0 amide bonds. The summed E-state index contributed by atoms with van der Waals surface area (Å²) < 4.78 is 0. The maximum Gasteiger partial charge on any atom is 0.170 e. The molecular formula is C9H11NO4. The topological polar surface area (TPSA) is 93.3 Å². The third-order valence-corrected chi connectivity index (χ3v) is 1.62. The Kier molecular flexibility index (Phi) is 3.30. The Balaban J connectivity index is 3.00. The molecule has 0 unspecified atom stereocenters. The predicted molar refractivity (Wildman–Crippen MR) is 51.0 cm³/mol. The second-order valence-electron chi connectivity index (χ2n) is 2.62. The van der Waals surface area contributed by atoms with Crippen molar-refractivity contribution in [3.05, 3.63) is 17.7 Å². The molecule has 1 aromatic rings. The van der Waals surface area contributed by atoms with E-state index in [-0.39, 0.29) is 30.2 Å². The second-order valence-corrected chi connectivity index (χ2v) is 2.62. The summed E-state index contributed by atoms with van der Waals surface area (Å²) in [5, 5.41) is 36.2. The van der Waals surface area contributed by atoms with Gasteiger partial charge in [0.1, 0.15) is 5.75 Å². The lowest BCUT2D eigenvalue weighted by Gasteiger charge is -2.03. The predicted octanol–water partition coefficient (Wildman–Crippen LogP) is 0.215. The first kappa shape index (κ1) is 10.3. The fraction of sp³-hybridized carbons (Fsp3) is 0.222. The standard InChI is InChI=1S/C9H11NO4/c11-4-3-10-5-6-7(12)1-2-8(13)9(6)14/h1-2,5,11-14H,3-4H2. The van der Waals surface area contributed by atoms with Crippen molar-refractivity contribution >= 4 is 6.21 Å². The zero-order chi connectivity index (χ0) is 10.6. The Morgan fingerprint density at radius 3 is 2.43 bits per heavy atom. The Hall–Kier alpha value is -1.75. The van der Waals surface area contributed by atoms with Crippen LogP contribution in [-0.2, 0) is 0 Å². The fourth-order valence-corrected chi connectivity index (χ4v) is 0.927. The van der Waals surface area contributed by atoms with Gasteiger partial charge in [0.15, 0.2) is 11.5 Å². The SMILES string of the molecule is OCCN=Cc1c(O)ccc(O)c1O. The number of aliphatic imine (C=N–C) groups is 1. The molecule has 0 fully saturated rings. The number of hydrogen-bond acceptors (Lipinski definition) is 5. The summed E-state index contributed by atoms with van der Waals surface area (Å²) in [5.74, 6) is -0.929. The highest BCUT2D eigenvalue weighted by atomic mass is 16.3. The van der Waals surface area contributed by atoms with Crippen molar-refractivity contribution in [2.24, 2.45) is 4.99 Å². The van der Waals surface area contributed by atoms with Gasteiger partial charge in [-0.25, -0.2) is 0 Å². The number of aliphatic hydroxyl groups excluding tert-OH is 1. The largest absolute Gasteiger partial charge is 0.507 e. The molecule has 0 atom stereocenters. The second kappa shape index (κ2) is 4.48. The zero-order valence-electron chi connectivity index (χ0n) is 7.38. The molecule has 0 saturated heterocycles. The number of nitrogens with zero attached hydrogens (tertiary/aromatic N) is 1. The van der Waals surface area contributed by atoms with Crippen molar-refractivity contribution in [1.82, 2.24) is 0 Å². The Labute approximate surface area is 80.6 Å². The lowest BCUT2D eigenvalue weighted by atomic mass is 10.2. The highest BCUT2D eigenvalue weighted by molar-refractivity contribution is 5.88. The number of aliphatic hydroxyl groups is 1. The number of phenols is 3. The number of phenolic OH excluding ortho intramolecular Hbond substituents is 3. The van der Waals surface area contributed by atoms with Crippen LogP contribution in [0, 0.1) is 0 Å². The first-order chi connectivity index (χ1) is 6.66. The van der Waals surface area contributed by atoms with Gasteiger partial charge in [-0.05, 0) is 12.1 Å². The molecule has 5 nitrogen and oxygen atoms in total. The molecule has 5 heteroatoms. The zero-order valence-corrected chi connectivity index (χ0v) is 7.38. The van der Waals surface area contributed by atoms with E-state index >= 15 is 0 Å². The summed E-state index contributed by atoms with van der Waals surface area (Å²) in [6, 6.07) is 2.42. The van der Waals surface area contributed by atoms with Gasteiger partial charge >= 0.3 is 0 Å². The number of rotatable bonds is 3. The van der Waals surface area contributed by atoms with Gasteiger partial charge in [-0.2, -0.15) is 0 Å². The lowest BCUT2D eigenvalue weighted by molar-refractivity contribution is 0.307. The van der Waals surface area contributed by atoms with Crippen LogP contribution in [0.5, 0.6) is 17.2 Å². The average Bonchev–Trinajstić information content (AvgIpc) is 2.18. The summed E-state index contributed by atoms with van der Waals surface area (Å²) >= 11 is 0. The first-order valence-electron chi connectivity index (χ1n) is 4.01. The van der Waals surface area contributed by atoms with Gasteiger partial charge < -0.3 is 20.4 Å². The Morgan fingerprint density at radius 2 is 1.79 bits per heavy atom. The summed E-state index contributed by atoms with van der Waals surface area (Å²) in [5.41, 5.74) is 0.0402. The van der Waals surface area contributed by atoms with Crippen molar-refractivity contribution in [2.45, 2.75) is 0 Å². The molecule has 0 spiro atoms. The fourth-order valence-electron chi connectivity index (χ4n) is 0.927. The molecule has 0 saturated carbocycles. The summed E-state index contributed by atoms with van der Waals surface area (Å²) in [6.45, 7) is 0.0609. The maximum atomic E-state index is 9.31. The van der Waals surface area contributed by atoms with Crippen LogP contribution in [0.1, 0.15) is 5.56 Å². The molecule has 4 N–H and O–H groups in total. The quantitative estimate of drug-likeness (QED) is 0.316. The van der Waals surface area contributed by atoms with E-state index in [9.17, 15) is 10.2 Å². The van der Waals surface area contributed by atoms with Gasteiger partial charge in [-0.15, -0.1) is 0 Å². The van der Waals surface area contributed by atoms with E-state index in [0.717, 1.165) is 0 Å². The summed E-state index contributed by atoms with van der Waals surface area (Å²) in [6.07, 6.45) is 1.20. The molecule has 0 aliphatic carbocycles. The molecule has 0 aromatic heterocycles. The number of hydrogen-bond donors (Lipinski definition) is 4. The van der Waals surface area contributed by atoms with Crippen LogP contribution in [0.25, 0.3) is 0 Å². The minimum atomic E-state index is -0.424. The minimum Gasteiger partial charge on any atom is -0.507 e. The van der Waals surface area contributed by atoms with Crippen LogP contribution in [0.3, 0.4) is 0 Å². The van der Waals surface area contributed by atoms with Crippen LogP contribution in [-0.4, -0.2) is 39.8 Å². The molecule has 1 rings (SSSR count). The lowest BCUT2D eigenvalue weighted by Crippen LogP contribution is -1.90. The molecule has 0 aliphatic rings. The van der Waals surface area contributed by atoms with E-state index in [0.29, 0.717) is 0 Å². The smallest absolute Gasteiger partial charge is 0.170 e. The van der Waals surface area contributed by atoms with Gasteiger partial charge in [0, 0.05) is 6.21 Å². The van der Waals surface area contributed by atoms with E-state index in [2.05, 4.69) is 4.99 Å². The minimum absolute atomic E-state index is 0.0402. The Bertz CT molecular complexity index is 349. The van der Waals surface area contributed by atoms with Gasteiger partial charge in [0.05, 0.1) is 18.7 Å². The maximum absolute atomic E-state index is 9.31. The highest BCUT2D eigenvalue weighted by Gasteiger charge is 2.08. The normalized spacial score (nSPS) is 10.9. The van der Waals surface area contributed by atoms with Crippen LogP contribution in [0.15, 0.2) is 17.1 Å². The van der Waals surface area contributed by atoms with E-state index in [1.54, 1.807) is 0 Å². The average molecular weight is 197 g/mol. The van der Waals surface area contributed by atoms with Gasteiger partial charge in [-0.3, -0.25) is 4.99 Å². The van der Waals surface area contributed by atoms with Crippen LogP contribution in [0.2, 0.25) is 0 Å². The Morgan fingerprint density at radius 1 is 1.14 bits per heavy atom. The summed E-state index contributed by atoms with van der Waals surface area (Å²) in [7, 11) is 0. The molecular weight excluding hydrogens is 186 g/mol. The van der Waals surface area contributed by atoms with Crippen LogP contribution in [0.4, 0.5) is 0 Å². The van der Waals surface area contributed by atoms with Gasteiger partial charge in [0.2, 0.25) is 0 Å². The van der Waals surface area contributed by atoms with Crippen molar-refractivity contribution in [2.75, 3.05) is 13.2 Å². The highest BCUT2D eigenvalue weighted by Crippen LogP contribution is 2.33. The molecule has 0 radical (unpaired) electrons. The molecule has 0 heterocycles. The van der Waals surface area contributed by atoms with Gasteiger partial charge in [-0.1, -0.05) is 0 Å². The monoisotopic (exact) mass is 197 g/mol. The van der Waals surface area contributed by atoms with Crippen molar-refractivity contribution in [3.63, 3.8) is 0 Å². The molecule has 0 bridgehead atoms. The van der Waals surface area contributed by atoms with Crippen LogP contribution < -0.4 is 0 Å². The molecule has 76 valence electrons. The third kappa shape index (κ3) is 2.14. The van der Waals surface area contributed by atoms with Crippen molar-refractivity contribution < 1.29 is 20.4 Å².